The van der Waals surface area contributed by atoms with Crippen molar-refractivity contribution in [1.29, 1.82) is 0 Å². The molecule has 0 bridgehead atoms. The molecule has 0 saturated heterocycles. The second-order valence-electron chi connectivity index (χ2n) is 7.51. The van der Waals surface area contributed by atoms with Crippen molar-refractivity contribution in [1.82, 2.24) is 0 Å². The van der Waals surface area contributed by atoms with E-state index < -0.39 is 0 Å². The molecule has 23 heavy (non-hydrogen) atoms. The maximum absolute atomic E-state index is 12.9. The zero-order valence-corrected chi connectivity index (χ0v) is 14.0. The Balaban J connectivity index is 0.00000156. The highest BCUT2D eigenvalue weighted by molar-refractivity contribution is 5.75. The smallest absolute Gasteiger partial charge is 0.314 e. The standard InChI is InChI=1S/C20H27FO2.2H2/c1-14-2-4-15(5-3-14)16-6-8-17(9-7-16)20(22)23-19-12-10-18(21)11-13-19;;/h10-17H,2-9H2,1H3;2*1H. The lowest BCUT2D eigenvalue weighted by Gasteiger charge is -2.36. The van der Waals surface area contributed by atoms with Crippen molar-refractivity contribution >= 4 is 5.97 Å². The van der Waals surface area contributed by atoms with Crippen molar-refractivity contribution in [2.75, 3.05) is 0 Å². The summed E-state index contributed by atoms with van der Waals surface area (Å²) < 4.78 is 18.3. The van der Waals surface area contributed by atoms with E-state index in [9.17, 15) is 9.18 Å². The Kier molecular flexibility index (Phi) is 5.34. The van der Waals surface area contributed by atoms with Crippen LogP contribution in [0.3, 0.4) is 0 Å². The van der Waals surface area contributed by atoms with Crippen molar-refractivity contribution in [2.45, 2.75) is 58.3 Å². The molecule has 130 valence electrons. The summed E-state index contributed by atoms with van der Waals surface area (Å²) in [5.41, 5.74) is 0. The van der Waals surface area contributed by atoms with Crippen LogP contribution in [-0.2, 0) is 4.79 Å². The molecule has 0 N–H and O–H groups in total. The van der Waals surface area contributed by atoms with Crippen molar-refractivity contribution in [3.8, 4) is 5.75 Å². The van der Waals surface area contributed by atoms with E-state index >= 15 is 0 Å². The fraction of sp³-hybridized carbons (Fsp3) is 0.650. The van der Waals surface area contributed by atoms with Gasteiger partial charge in [-0.05, 0) is 80.5 Å². The Morgan fingerprint density at radius 2 is 1.48 bits per heavy atom. The predicted octanol–water partition coefficient (Wildman–Crippen LogP) is 5.86. The van der Waals surface area contributed by atoms with Crippen LogP contribution in [0.15, 0.2) is 24.3 Å². The van der Waals surface area contributed by atoms with Gasteiger partial charge in [0.2, 0.25) is 0 Å². The molecule has 0 heterocycles. The molecule has 0 amide bonds. The minimum atomic E-state index is -0.313. The minimum Gasteiger partial charge on any atom is -0.426 e. The predicted molar refractivity (Wildman–Crippen MR) is 92.8 cm³/mol. The molecular formula is C20H31FO2. The van der Waals surface area contributed by atoms with E-state index in [1.165, 1.54) is 49.9 Å². The first-order valence-corrected chi connectivity index (χ1v) is 9.09. The van der Waals surface area contributed by atoms with Gasteiger partial charge in [0.25, 0.3) is 0 Å². The van der Waals surface area contributed by atoms with E-state index in [1.807, 2.05) is 0 Å². The summed E-state index contributed by atoms with van der Waals surface area (Å²) in [5.74, 6) is 2.57. The molecule has 0 unspecified atom stereocenters. The average Bonchev–Trinajstić information content (AvgIpc) is 2.58. The molecule has 3 heteroatoms. The lowest BCUT2D eigenvalue weighted by molar-refractivity contribution is -0.140. The largest absolute Gasteiger partial charge is 0.426 e. The molecule has 2 nitrogen and oxygen atoms in total. The molecule has 2 aliphatic rings. The molecular weight excluding hydrogens is 291 g/mol. The lowest BCUT2D eigenvalue weighted by Crippen LogP contribution is -2.29. The minimum absolute atomic E-state index is 0. The first kappa shape index (κ1) is 16.5. The summed E-state index contributed by atoms with van der Waals surface area (Å²) in [6, 6.07) is 5.68. The van der Waals surface area contributed by atoms with E-state index in [2.05, 4.69) is 6.92 Å². The number of carbonyl (C=O) groups is 1. The van der Waals surface area contributed by atoms with Gasteiger partial charge in [0.05, 0.1) is 5.92 Å². The van der Waals surface area contributed by atoms with Gasteiger partial charge in [-0.15, -0.1) is 0 Å². The topological polar surface area (TPSA) is 26.3 Å². The molecule has 0 spiro atoms. The van der Waals surface area contributed by atoms with Crippen molar-refractivity contribution < 1.29 is 16.8 Å². The van der Waals surface area contributed by atoms with Gasteiger partial charge in [-0.2, -0.15) is 0 Å². The number of carbonyl (C=O) groups excluding carboxylic acids is 1. The average molecular weight is 322 g/mol. The zero-order valence-electron chi connectivity index (χ0n) is 14.0. The van der Waals surface area contributed by atoms with Crippen LogP contribution < -0.4 is 4.74 Å². The fourth-order valence-electron chi connectivity index (χ4n) is 4.29. The summed E-state index contributed by atoms with van der Waals surface area (Å²) in [5, 5.41) is 0. The van der Waals surface area contributed by atoms with Crippen LogP contribution in [0.25, 0.3) is 0 Å². The molecule has 1 aromatic carbocycles. The quantitative estimate of drug-likeness (QED) is 0.515. The number of ether oxygens (including phenoxy) is 1. The van der Waals surface area contributed by atoms with Crippen LogP contribution in [0.2, 0.25) is 0 Å². The Morgan fingerprint density at radius 1 is 0.957 bits per heavy atom. The van der Waals surface area contributed by atoms with Gasteiger partial charge in [0, 0.05) is 2.85 Å². The number of hydrogen-bond acceptors (Lipinski definition) is 2. The van der Waals surface area contributed by atoms with Crippen molar-refractivity contribution in [2.24, 2.45) is 23.7 Å². The Bertz CT molecular complexity index is 519. The van der Waals surface area contributed by atoms with E-state index in [4.69, 9.17) is 4.74 Å². The van der Waals surface area contributed by atoms with E-state index in [1.54, 1.807) is 0 Å². The summed E-state index contributed by atoms with van der Waals surface area (Å²) >= 11 is 0. The van der Waals surface area contributed by atoms with Crippen LogP contribution in [0, 0.1) is 29.5 Å². The third-order valence-electron chi connectivity index (χ3n) is 5.86. The van der Waals surface area contributed by atoms with Crippen LogP contribution >= 0.6 is 0 Å². The van der Waals surface area contributed by atoms with E-state index in [-0.39, 0.29) is 20.6 Å². The number of halogens is 1. The Labute approximate surface area is 141 Å². The van der Waals surface area contributed by atoms with Gasteiger partial charge >= 0.3 is 5.97 Å². The number of hydrogen-bond donors (Lipinski definition) is 0. The molecule has 1 aromatic rings. The molecule has 0 aromatic heterocycles. The molecule has 0 aliphatic heterocycles. The van der Waals surface area contributed by atoms with Crippen molar-refractivity contribution in [3.63, 3.8) is 0 Å². The molecule has 2 fully saturated rings. The first-order chi connectivity index (χ1) is 11.1. The van der Waals surface area contributed by atoms with Gasteiger partial charge in [0.15, 0.2) is 0 Å². The summed E-state index contributed by atoms with van der Waals surface area (Å²) in [6.07, 6.45) is 9.68. The normalized spacial score (nSPS) is 31.6. The monoisotopic (exact) mass is 322 g/mol. The lowest BCUT2D eigenvalue weighted by atomic mass is 9.69. The summed E-state index contributed by atoms with van der Waals surface area (Å²) in [4.78, 5) is 12.3. The summed E-state index contributed by atoms with van der Waals surface area (Å²) in [6.45, 7) is 2.36. The van der Waals surface area contributed by atoms with Gasteiger partial charge in [-0.3, -0.25) is 4.79 Å². The van der Waals surface area contributed by atoms with Crippen molar-refractivity contribution in [3.05, 3.63) is 30.1 Å². The molecule has 2 aliphatic carbocycles. The summed E-state index contributed by atoms with van der Waals surface area (Å²) in [7, 11) is 0. The highest BCUT2D eigenvalue weighted by Crippen LogP contribution is 2.41. The Morgan fingerprint density at radius 3 is 2.04 bits per heavy atom. The van der Waals surface area contributed by atoms with Crippen LogP contribution in [0.5, 0.6) is 5.75 Å². The van der Waals surface area contributed by atoms with Gasteiger partial charge in [0.1, 0.15) is 11.6 Å². The Hall–Kier alpha value is -1.38. The third kappa shape index (κ3) is 4.33. The zero-order chi connectivity index (χ0) is 16.2. The van der Waals surface area contributed by atoms with E-state index in [0.717, 1.165) is 43.4 Å². The number of esters is 1. The SMILES string of the molecule is CC1CCC(C2CCC(C(=O)Oc3ccc(F)cc3)CC2)CC1.[HH].[HH]. The molecule has 0 atom stereocenters. The second-order valence-corrected chi connectivity index (χ2v) is 7.51. The highest BCUT2D eigenvalue weighted by Gasteiger charge is 2.33. The second kappa shape index (κ2) is 7.46. The van der Waals surface area contributed by atoms with Crippen LogP contribution in [0.4, 0.5) is 4.39 Å². The van der Waals surface area contributed by atoms with Gasteiger partial charge in [-0.25, -0.2) is 4.39 Å². The number of benzene rings is 1. The molecule has 2 saturated carbocycles. The fourth-order valence-corrected chi connectivity index (χ4v) is 4.29. The first-order valence-electron chi connectivity index (χ1n) is 9.09. The molecule has 0 radical (unpaired) electrons. The van der Waals surface area contributed by atoms with Crippen LogP contribution in [0.1, 0.15) is 61.1 Å². The number of rotatable bonds is 3. The van der Waals surface area contributed by atoms with Gasteiger partial charge < -0.3 is 4.74 Å². The maximum Gasteiger partial charge on any atom is 0.314 e. The molecule has 3 rings (SSSR count). The highest BCUT2D eigenvalue weighted by atomic mass is 19.1. The van der Waals surface area contributed by atoms with Gasteiger partial charge in [-0.1, -0.05) is 19.8 Å². The maximum atomic E-state index is 12.9. The van der Waals surface area contributed by atoms with E-state index in [0.29, 0.717) is 5.75 Å². The van der Waals surface area contributed by atoms with Crippen LogP contribution in [-0.4, -0.2) is 5.97 Å². The third-order valence-corrected chi connectivity index (χ3v) is 5.86.